The molecule has 0 radical (unpaired) electrons. The molecule has 0 heterocycles. The Morgan fingerprint density at radius 1 is 0.750 bits per heavy atom. The minimum Gasteiger partial charge on any atom is -0.478 e. The van der Waals surface area contributed by atoms with E-state index in [2.05, 4.69) is 20.8 Å². The summed E-state index contributed by atoms with van der Waals surface area (Å²) in [5.74, 6) is 0. The zero-order chi connectivity index (χ0) is 15.1. The first-order valence-electron chi connectivity index (χ1n) is 8.96. The van der Waals surface area contributed by atoms with E-state index >= 15 is 0 Å². The molecule has 0 aromatic carbocycles. The zero-order valence-electron chi connectivity index (χ0n) is 14.5. The topological polar surface area (TPSA) is 18.5 Å². The normalized spacial score (nSPS) is 12.6. The Labute approximate surface area is 132 Å². The maximum absolute atomic E-state index is 6.32. The van der Waals surface area contributed by atoms with E-state index in [4.69, 9.17) is 8.53 Å². The first-order valence-corrected chi connectivity index (χ1v) is 11.1. The molecule has 0 saturated heterocycles. The van der Waals surface area contributed by atoms with Crippen LogP contribution in [-0.4, -0.2) is 27.9 Å². The largest absolute Gasteiger partial charge is 0.478 e. The van der Waals surface area contributed by atoms with Crippen LogP contribution in [0.3, 0.4) is 0 Å². The number of ether oxygens (including phenoxy) is 1. The molecule has 0 aliphatic rings. The molecule has 0 aliphatic heterocycles. The molecule has 0 aromatic heterocycles. The van der Waals surface area contributed by atoms with Crippen molar-refractivity contribution in [3.63, 3.8) is 0 Å². The van der Waals surface area contributed by atoms with Gasteiger partial charge in [-0.1, -0.05) is 89.1 Å². The third-order valence-corrected chi connectivity index (χ3v) is 6.68. The molecule has 20 heavy (non-hydrogen) atoms. The van der Waals surface area contributed by atoms with E-state index in [-0.39, 0.29) is 6.29 Å². The maximum atomic E-state index is 6.32. The fourth-order valence-corrected chi connectivity index (χ4v) is 5.30. The third kappa shape index (κ3) is 12.2. The SMILES string of the molecule is CCCCC[CH2][Al]([CH2]CCCCC)[O]C(CCC)OC. The highest BCUT2D eigenvalue weighted by molar-refractivity contribution is 6.51. The van der Waals surface area contributed by atoms with Crippen LogP contribution in [0, 0.1) is 0 Å². The van der Waals surface area contributed by atoms with Gasteiger partial charge in [-0.25, -0.2) is 0 Å². The molecular formula is C17H37AlO2. The van der Waals surface area contributed by atoms with Crippen LogP contribution in [0.4, 0.5) is 0 Å². The second-order valence-corrected chi connectivity index (χ2v) is 8.58. The van der Waals surface area contributed by atoms with Crippen LogP contribution in [-0.2, 0) is 8.53 Å². The summed E-state index contributed by atoms with van der Waals surface area (Å²) in [4.78, 5) is 0. The van der Waals surface area contributed by atoms with Crippen molar-refractivity contribution < 1.29 is 8.53 Å². The first kappa shape index (κ1) is 20.5. The average molecular weight is 300 g/mol. The van der Waals surface area contributed by atoms with Gasteiger partial charge in [0.15, 0.2) is 0 Å². The van der Waals surface area contributed by atoms with Crippen molar-refractivity contribution in [2.75, 3.05) is 7.11 Å². The van der Waals surface area contributed by atoms with Gasteiger partial charge in [0.05, 0.1) is 0 Å². The van der Waals surface area contributed by atoms with Crippen LogP contribution < -0.4 is 0 Å². The Balaban J connectivity index is 4.00. The number of unbranched alkanes of at least 4 members (excludes halogenated alkanes) is 6. The second-order valence-electron chi connectivity index (χ2n) is 5.91. The highest BCUT2D eigenvalue weighted by atomic mass is 27.2. The Morgan fingerprint density at radius 2 is 1.30 bits per heavy atom. The molecule has 0 bridgehead atoms. The zero-order valence-corrected chi connectivity index (χ0v) is 15.6. The van der Waals surface area contributed by atoms with Gasteiger partial charge in [-0.3, -0.25) is 0 Å². The summed E-state index contributed by atoms with van der Waals surface area (Å²) in [5, 5.41) is 2.69. The summed E-state index contributed by atoms with van der Waals surface area (Å²) in [6.45, 7) is 6.76. The molecule has 0 saturated carbocycles. The van der Waals surface area contributed by atoms with Gasteiger partial charge < -0.3 is 8.53 Å². The number of hydrogen-bond acceptors (Lipinski definition) is 2. The van der Waals surface area contributed by atoms with E-state index < -0.39 is 14.5 Å². The minimum atomic E-state index is -1.05. The van der Waals surface area contributed by atoms with Crippen LogP contribution in [0.15, 0.2) is 0 Å². The predicted octanol–water partition coefficient (Wildman–Crippen LogP) is 5.93. The lowest BCUT2D eigenvalue weighted by Gasteiger charge is -2.21. The molecule has 0 rings (SSSR count). The number of methoxy groups -OCH3 is 1. The van der Waals surface area contributed by atoms with Crippen LogP contribution in [0.25, 0.3) is 0 Å². The van der Waals surface area contributed by atoms with Crippen molar-refractivity contribution in [1.29, 1.82) is 0 Å². The molecule has 120 valence electrons. The monoisotopic (exact) mass is 300 g/mol. The standard InChI is InChI=1S/2C6H13.C5H11O2.Al/c2*1-3-5-6-4-2;1-3-4-5(6)7-2;/h2*1,3-6H2,2H3;5H,3-4H2,1-2H3;/q;;-1;+1. The van der Waals surface area contributed by atoms with Gasteiger partial charge >= 0.3 is 14.5 Å². The maximum Gasteiger partial charge on any atom is 0.462 e. The Hall–Kier alpha value is 0.452. The first-order chi connectivity index (χ1) is 9.78. The molecule has 0 fully saturated rings. The molecule has 3 heteroatoms. The molecule has 1 atom stereocenters. The van der Waals surface area contributed by atoms with Crippen LogP contribution >= 0.6 is 0 Å². The van der Waals surface area contributed by atoms with Gasteiger partial charge in [0.1, 0.15) is 6.29 Å². The van der Waals surface area contributed by atoms with E-state index in [1.165, 1.54) is 61.9 Å². The number of rotatable bonds is 15. The van der Waals surface area contributed by atoms with Crippen LogP contribution in [0.5, 0.6) is 0 Å². The number of hydrogen-bond donors (Lipinski definition) is 0. The van der Waals surface area contributed by atoms with Gasteiger partial charge in [0.2, 0.25) is 0 Å². The fraction of sp³-hybridized carbons (Fsp3) is 1.00. The Kier molecular flexibility index (Phi) is 16.2. The summed E-state index contributed by atoms with van der Waals surface area (Å²) in [7, 11) is 1.79. The molecule has 2 nitrogen and oxygen atoms in total. The minimum absolute atomic E-state index is 0.0639. The van der Waals surface area contributed by atoms with Crippen molar-refractivity contribution >= 4 is 14.5 Å². The molecule has 0 amide bonds. The van der Waals surface area contributed by atoms with Gasteiger partial charge in [-0.05, 0) is 6.42 Å². The summed E-state index contributed by atoms with van der Waals surface area (Å²) in [6.07, 6.45) is 13.1. The Bertz CT molecular complexity index is 176. The Morgan fingerprint density at radius 3 is 1.70 bits per heavy atom. The van der Waals surface area contributed by atoms with Gasteiger partial charge in [0, 0.05) is 7.11 Å². The third-order valence-electron chi connectivity index (χ3n) is 3.89. The van der Waals surface area contributed by atoms with Gasteiger partial charge in [-0.15, -0.1) is 0 Å². The van der Waals surface area contributed by atoms with Crippen molar-refractivity contribution in [1.82, 2.24) is 0 Å². The summed E-state index contributed by atoms with van der Waals surface area (Å²) < 4.78 is 11.8. The molecule has 1 unspecified atom stereocenters. The van der Waals surface area contributed by atoms with E-state index in [1.807, 2.05) is 0 Å². The second kappa shape index (κ2) is 15.8. The van der Waals surface area contributed by atoms with Crippen molar-refractivity contribution in [2.24, 2.45) is 0 Å². The van der Waals surface area contributed by atoms with E-state index in [0.29, 0.717) is 0 Å². The van der Waals surface area contributed by atoms with Crippen molar-refractivity contribution in [3.05, 3.63) is 0 Å². The van der Waals surface area contributed by atoms with Crippen LogP contribution in [0.2, 0.25) is 10.6 Å². The predicted molar refractivity (Wildman–Crippen MR) is 90.4 cm³/mol. The highest BCUT2D eigenvalue weighted by Gasteiger charge is 2.23. The summed E-state index contributed by atoms with van der Waals surface area (Å²) in [6, 6.07) is 0. The average Bonchev–Trinajstić information content (AvgIpc) is 2.46. The lowest BCUT2D eigenvalue weighted by Crippen LogP contribution is -2.27. The molecule has 0 spiro atoms. The molecular weight excluding hydrogens is 263 g/mol. The van der Waals surface area contributed by atoms with E-state index in [9.17, 15) is 0 Å². The highest BCUT2D eigenvalue weighted by Crippen LogP contribution is 2.17. The quantitative estimate of drug-likeness (QED) is 0.212. The smallest absolute Gasteiger partial charge is 0.462 e. The van der Waals surface area contributed by atoms with Gasteiger partial charge in [0.25, 0.3) is 0 Å². The van der Waals surface area contributed by atoms with E-state index in [0.717, 1.165) is 12.8 Å². The lowest BCUT2D eigenvalue weighted by molar-refractivity contribution is -0.0618. The van der Waals surface area contributed by atoms with Crippen LogP contribution in [0.1, 0.15) is 85.0 Å². The van der Waals surface area contributed by atoms with Gasteiger partial charge in [-0.2, -0.15) is 0 Å². The van der Waals surface area contributed by atoms with Crippen molar-refractivity contribution in [2.45, 2.75) is 102 Å². The lowest BCUT2D eigenvalue weighted by atomic mass is 10.2. The molecule has 0 aliphatic carbocycles. The summed E-state index contributed by atoms with van der Waals surface area (Å²) >= 11 is -1.05. The molecule has 0 N–H and O–H groups in total. The van der Waals surface area contributed by atoms with Crippen molar-refractivity contribution in [3.8, 4) is 0 Å². The van der Waals surface area contributed by atoms with E-state index in [1.54, 1.807) is 7.11 Å². The fourth-order valence-electron chi connectivity index (χ4n) is 2.57. The molecule has 0 aromatic rings. The summed E-state index contributed by atoms with van der Waals surface area (Å²) in [5.41, 5.74) is 0.